The predicted octanol–water partition coefficient (Wildman–Crippen LogP) is 1.04. The molecule has 0 saturated heterocycles. The molecular formula is C7H6FNO2. The first-order valence-electron chi connectivity index (χ1n) is 2.92. The van der Waals surface area contributed by atoms with Crippen LogP contribution in [0, 0.1) is 5.82 Å². The predicted molar refractivity (Wildman–Crippen MR) is 36.1 cm³/mol. The second-order valence-electron chi connectivity index (χ2n) is 1.86. The molecule has 11 heavy (non-hydrogen) atoms. The molecule has 0 aromatic carbocycles. The van der Waals surface area contributed by atoms with E-state index in [-0.39, 0.29) is 11.4 Å². The molecule has 0 radical (unpaired) electrons. The maximum atomic E-state index is 12.4. The molecular weight excluding hydrogens is 149 g/mol. The molecule has 0 fully saturated rings. The summed E-state index contributed by atoms with van der Waals surface area (Å²) < 4.78 is 17.1. The van der Waals surface area contributed by atoms with Crippen molar-refractivity contribution in [3.8, 4) is 5.75 Å². The largest absolute Gasteiger partial charge is 0.494 e. The topological polar surface area (TPSA) is 39.2 Å². The summed E-state index contributed by atoms with van der Waals surface area (Å²) in [5, 5.41) is 0. The number of carbonyl (C=O) groups is 1. The van der Waals surface area contributed by atoms with Gasteiger partial charge in [0.05, 0.1) is 13.3 Å². The molecule has 0 saturated carbocycles. The number of halogens is 1. The van der Waals surface area contributed by atoms with Crippen LogP contribution in [0.15, 0.2) is 12.3 Å². The number of carbonyl (C=O) groups excluding carboxylic acids is 1. The summed E-state index contributed by atoms with van der Waals surface area (Å²) >= 11 is 0. The third-order valence-electron chi connectivity index (χ3n) is 1.18. The molecule has 0 bridgehead atoms. The third kappa shape index (κ3) is 1.52. The first-order valence-corrected chi connectivity index (χ1v) is 2.92. The highest BCUT2D eigenvalue weighted by Gasteiger charge is 2.03. The summed E-state index contributed by atoms with van der Waals surface area (Å²) in [6.45, 7) is 0. The van der Waals surface area contributed by atoms with E-state index in [1.165, 1.54) is 7.11 Å². The van der Waals surface area contributed by atoms with Gasteiger partial charge in [0.15, 0.2) is 12.0 Å². The van der Waals surface area contributed by atoms with Gasteiger partial charge in [0.25, 0.3) is 0 Å². The molecule has 0 unspecified atom stereocenters. The molecule has 1 aromatic rings. The van der Waals surface area contributed by atoms with Crippen molar-refractivity contribution in [3.63, 3.8) is 0 Å². The number of aromatic nitrogens is 1. The van der Waals surface area contributed by atoms with E-state index in [4.69, 9.17) is 0 Å². The van der Waals surface area contributed by atoms with Crippen LogP contribution in [0.5, 0.6) is 5.75 Å². The van der Waals surface area contributed by atoms with E-state index in [1.54, 1.807) is 0 Å². The molecule has 0 aliphatic rings. The van der Waals surface area contributed by atoms with Gasteiger partial charge in [0.2, 0.25) is 0 Å². The first-order chi connectivity index (χ1) is 5.27. The van der Waals surface area contributed by atoms with Gasteiger partial charge in [-0.05, 0) is 0 Å². The Hall–Kier alpha value is -1.45. The zero-order chi connectivity index (χ0) is 8.27. The van der Waals surface area contributed by atoms with Crippen molar-refractivity contribution >= 4 is 6.29 Å². The molecule has 1 aromatic heterocycles. The minimum absolute atomic E-state index is 0.105. The number of rotatable bonds is 2. The lowest BCUT2D eigenvalue weighted by molar-refractivity contribution is 0.111. The van der Waals surface area contributed by atoms with Gasteiger partial charge in [-0.2, -0.15) is 0 Å². The molecule has 0 aliphatic carbocycles. The number of pyridine rings is 1. The fraction of sp³-hybridized carbons (Fsp3) is 0.143. The smallest absolute Gasteiger partial charge is 0.172 e. The zero-order valence-corrected chi connectivity index (χ0v) is 5.87. The second-order valence-corrected chi connectivity index (χ2v) is 1.86. The van der Waals surface area contributed by atoms with Crippen LogP contribution in [0.4, 0.5) is 4.39 Å². The third-order valence-corrected chi connectivity index (χ3v) is 1.18. The van der Waals surface area contributed by atoms with E-state index in [0.717, 1.165) is 12.3 Å². The summed E-state index contributed by atoms with van der Waals surface area (Å²) in [7, 11) is 1.35. The molecule has 0 spiro atoms. The Bertz CT molecular complexity index is 275. The van der Waals surface area contributed by atoms with E-state index in [1.807, 2.05) is 0 Å². The highest BCUT2D eigenvalue weighted by atomic mass is 19.1. The van der Waals surface area contributed by atoms with Gasteiger partial charge in [-0.25, -0.2) is 9.37 Å². The number of hydrogen-bond acceptors (Lipinski definition) is 3. The van der Waals surface area contributed by atoms with Crippen molar-refractivity contribution in [1.29, 1.82) is 0 Å². The molecule has 3 nitrogen and oxygen atoms in total. The van der Waals surface area contributed by atoms with Crippen LogP contribution in [-0.4, -0.2) is 18.4 Å². The molecule has 4 heteroatoms. The van der Waals surface area contributed by atoms with Crippen LogP contribution in [0.2, 0.25) is 0 Å². The lowest BCUT2D eigenvalue weighted by atomic mass is 10.3. The zero-order valence-electron chi connectivity index (χ0n) is 5.87. The average molecular weight is 155 g/mol. The highest BCUT2D eigenvalue weighted by molar-refractivity contribution is 5.75. The average Bonchev–Trinajstić information content (AvgIpc) is 2.04. The first kappa shape index (κ1) is 7.65. The summed E-state index contributed by atoms with van der Waals surface area (Å²) in [6.07, 6.45) is 1.48. The van der Waals surface area contributed by atoms with E-state index >= 15 is 0 Å². The lowest BCUT2D eigenvalue weighted by Crippen LogP contribution is -1.94. The van der Waals surface area contributed by atoms with Gasteiger partial charge >= 0.3 is 0 Å². The summed E-state index contributed by atoms with van der Waals surface area (Å²) in [5.74, 6) is -0.368. The summed E-state index contributed by atoms with van der Waals surface area (Å²) in [4.78, 5) is 13.7. The summed E-state index contributed by atoms with van der Waals surface area (Å²) in [6, 6.07) is 1.11. The molecule has 0 N–H and O–H groups in total. The van der Waals surface area contributed by atoms with Crippen LogP contribution < -0.4 is 4.74 Å². The quantitative estimate of drug-likeness (QED) is 0.599. The van der Waals surface area contributed by atoms with Crippen molar-refractivity contribution in [2.45, 2.75) is 0 Å². The number of hydrogen-bond donors (Lipinski definition) is 0. The van der Waals surface area contributed by atoms with E-state index < -0.39 is 5.82 Å². The number of nitrogens with zero attached hydrogens (tertiary/aromatic N) is 1. The van der Waals surface area contributed by atoms with Crippen LogP contribution in [0.1, 0.15) is 10.5 Å². The van der Waals surface area contributed by atoms with Crippen molar-refractivity contribution in [3.05, 3.63) is 23.8 Å². The number of ether oxygens (including phenoxy) is 1. The van der Waals surface area contributed by atoms with Crippen molar-refractivity contribution < 1.29 is 13.9 Å². The number of methoxy groups -OCH3 is 1. The Kier molecular flexibility index (Phi) is 2.15. The van der Waals surface area contributed by atoms with Crippen molar-refractivity contribution in [2.75, 3.05) is 7.11 Å². The van der Waals surface area contributed by atoms with E-state index in [0.29, 0.717) is 6.29 Å². The summed E-state index contributed by atoms with van der Waals surface area (Å²) in [5.41, 5.74) is 0.105. The molecule has 0 amide bonds. The fourth-order valence-corrected chi connectivity index (χ4v) is 0.683. The van der Waals surface area contributed by atoms with E-state index in [9.17, 15) is 9.18 Å². The minimum atomic E-state index is -0.521. The Morgan fingerprint density at radius 2 is 2.45 bits per heavy atom. The Morgan fingerprint density at radius 1 is 1.73 bits per heavy atom. The molecule has 1 heterocycles. The molecule has 0 aliphatic heterocycles. The molecule has 58 valence electrons. The van der Waals surface area contributed by atoms with Crippen LogP contribution in [0.25, 0.3) is 0 Å². The monoisotopic (exact) mass is 155 g/mol. The standard InChI is InChI=1S/C7H6FNO2/c1-11-7-2-5(8)3-9-6(7)4-10/h2-4H,1H3. The van der Waals surface area contributed by atoms with Gasteiger partial charge in [-0.15, -0.1) is 0 Å². The van der Waals surface area contributed by atoms with Crippen molar-refractivity contribution in [1.82, 2.24) is 4.98 Å². The van der Waals surface area contributed by atoms with Crippen molar-refractivity contribution in [2.24, 2.45) is 0 Å². The van der Waals surface area contributed by atoms with Crippen LogP contribution in [0.3, 0.4) is 0 Å². The van der Waals surface area contributed by atoms with Gasteiger partial charge in [0.1, 0.15) is 11.5 Å². The van der Waals surface area contributed by atoms with Gasteiger partial charge < -0.3 is 4.74 Å². The maximum Gasteiger partial charge on any atom is 0.172 e. The Balaban J connectivity index is 3.16. The Labute approximate surface area is 62.8 Å². The second kappa shape index (κ2) is 3.09. The van der Waals surface area contributed by atoms with Crippen LogP contribution in [-0.2, 0) is 0 Å². The normalized spacial score (nSPS) is 9.27. The minimum Gasteiger partial charge on any atom is -0.494 e. The number of aldehydes is 1. The maximum absolute atomic E-state index is 12.4. The van der Waals surface area contributed by atoms with Gasteiger partial charge in [-0.1, -0.05) is 0 Å². The Morgan fingerprint density at radius 3 is 3.00 bits per heavy atom. The SMILES string of the molecule is COc1cc(F)cnc1C=O. The highest BCUT2D eigenvalue weighted by Crippen LogP contribution is 2.13. The van der Waals surface area contributed by atoms with Gasteiger partial charge in [0, 0.05) is 6.07 Å². The van der Waals surface area contributed by atoms with Gasteiger partial charge in [-0.3, -0.25) is 4.79 Å². The van der Waals surface area contributed by atoms with E-state index in [2.05, 4.69) is 9.72 Å². The van der Waals surface area contributed by atoms with Crippen LogP contribution >= 0.6 is 0 Å². The fourth-order valence-electron chi connectivity index (χ4n) is 0.683. The lowest BCUT2D eigenvalue weighted by Gasteiger charge is -2.00. The molecule has 0 atom stereocenters. The molecule has 1 rings (SSSR count).